The molecule has 1 N–H and O–H groups in total. The van der Waals surface area contributed by atoms with Gasteiger partial charge in [0, 0.05) is 13.1 Å². The van der Waals surface area contributed by atoms with E-state index in [1.54, 1.807) is 32.1 Å². The zero-order chi connectivity index (χ0) is 12.2. The van der Waals surface area contributed by atoms with Crippen LogP contribution in [0.2, 0.25) is 0 Å². The maximum Gasteiger partial charge on any atom is 0.156 e. The average Bonchev–Trinajstić information content (AvgIpc) is 2.63. The molecule has 0 fully saturated rings. The molecule has 0 atom stereocenters. The topological polar surface area (TPSA) is 46.2 Å². The van der Waals surface area contributed by atoms with Crippen LogP contribution < -0.4 is 5.32 Å². The minimum atomic E-state index is -3.00. The summed E-state index contributed by atoms with van der Waals surface area (Å²) < 4.78 is 22.9. The lowest BCUT2D eigenvalue weighted by Gasteiger charge is -2.19. The predicted molar refractivity (Wildman–Crippen MR) is 69.6 cm³/mol. The lowest BCUT2D eigenvalue weighted by molar-refractivity contribution is 0.556. The van der Waals surface area contributed by atoms with Crippen molar-refractivity contribution >= 4 is 21.2 Å². The van der Waals surface area contributed by atoms with E-state index >= 15 is 0 Å². The van der Waals surface area contributed by atoms with Gasteiger partial charge in [0.2, 0.25) is 0 Å². The van der Waals surface area contributed by atoms with Gasteiger partial charge in [-0.3, -0.25) is 0 Å². The number of sulfone groups is 1. The Balaban J connectivity index is 2.31. The van der Waals surface area contributed by atoms with Crippen LogP contribution in [0.1, 0.15) is 26.3 Å². The molecule has 0 aliphatic rings. The third kappa shape index (κ3) is 3.88. The molecular formula is C11H19NO2S2. The minimum absolute atomic E-state index is 0.195. The third-order valence-corrected chi connectivity index (χ3v) is 5.73. The summed E-state index contributed by atoms with van der Waals surface area (Å²) in [6.45, 7) is 6.46. The van der Waals surface area contributed by atoms with E-state index in [9.17, 15) is 8.42 Å². The van der Waals surface area contributed by atoms with Gasteiger partial charge in [-0.25, -0.2) is 8.42 Å². The monoisotopic (exact) mass is 261 g/mol. The molecular weight excluding hydrogens is 242 g/mol. The van der Waals surface area contributed by atoms with E-state index in [0.717, 1.165) is 6.54 Å². The Hall–Kier alpha value is -0.390. The fourth-order valence-electron chi connectivity index (χ4n) is 1.14. The lowest BCUT2D eigenvalue weighted by Crippen LogP contribution is -2.34. The van der Waals surface area contributed by atoms with E-state index < -0.39 is 14.6 Å². The fraction of sp³-hybridized carbons (Fsp3) is 0.636. The SMILES string of the molecule is CC(C)(C)S(=O)(=O)CCNCc1ccsc1. The molecule has 1 aromatic heterocycles. The number of hydrogen-bond donors (Lipinski definition) is 1. The number of nitrogens with one attached hydrogen (secondary N) is 1. The smallest absolute Gasteiger partial charge is 0.156 e. The molecule has 0 radical (unpaired) electrons. The van der Waals surface area contributed by atoms with Crippen LogP contribution in [0.4, 0.5) is 0 Å². The van der Waals surface area contributed by atoms with Gasteiger partial charge in [-0.15, -0.1) is 0 Å². The molecule has 0 saturated heterocycles. The van der Waals surface area contributed by atoms with Crippen LogP contribution >= 0.6 is 11.3 Å². The van der Waals surface area contributed by atoms with Gasteiger partial charge in [0.1, 0.15) is 0 Å². The Morgan fingerprint density at radius 3 is 2.56 bits per heavy atom. The molecule has 92 valence electrons. The second kappa shape index (κ2) is 5.29. The molecule has 0 amide bonds. The standard InChI is InChI=1S/C11H19NO2S2/c1-11(2,3)16(13,14)7-5-12-8-10-4-6-15-9-10/h4,6,9,12H,5,7-8H2,1-3H3. The van der Waals surface area contributed by atoms with Crippen LogP contribution in [0.3, 0.4) is 0 Å². The highest BCUT2D eigenvalue weighted by Crippen LogP contribution is 2.15. The molecule has 1 rings (SSSR count). The fourth-order valence-corrected chi connectivity index (χ4v) is 2.83. The largest absolute Gasteiger partial charge is 0.312 e. The number of thiophene rings is 1. The van der Waals surface area contributed by atoms with Crippen molar-refractivity contribution in [3.63, 3.8) is 0 Å². The van der Waals surface area contributed by atoms with Crippen LogP contribution in [0.25, 0.3) is 0 Å². The summed E-state index contributed by atoms with van der Waals surface area (Å²) in [5, 5.41) is 7.22. The number of hydrogen-bond acceptors (Lipinski definition) is 4. The normalized spacial score (nSPS) is 12.9. The second-order valence-corrected chi connectivity index (χ2v) is 8.38. The van der Waals surface area contributed by atoms with Crippen molar-refractivity contribution in [1.82, 2.24) is 5.32 Å². The molecule has 3 nitrogen and oxygen atoms in total. The summed E-state index contributed by atoms with van der Waals surface area (Å²) in [6.07, 6.45) is 0. The van der Waals surface area contributed by atoms with Crippen LogP contribution in [0.5, 0.6) is 0 Å². The molecule has 5 heteroatoms. The van der Waals surface area contributed by atoms with Gasteiger partial charge in [-0.2, -0.15) is 11.3 Å². The van der Waals surface area contributed by atoms with Crippen molar-refractivity contribution < 1.29 is 8.42 Å². The summed E-state index contributed by atoms with van der Waals surface area (Å²) in [4.78, 5) is 0. The van der Waals surface area contributed by atoms with Crippen molar-refractivity contribution in [2.24, 2.45) is 0 Å². The highest BCUT2D eigenvalue weighted by Gasteiger charge is 2.27. The van der Waals surface area contributed by atoms with Crippen molar-refractivity contribution in [2.75, 3.05) is 12.3 Å². The maximum atomic E-state index is 11.8. The molecule has 0 aliphatic carbocycles. The van der Waals surface area contributed by atoms with Gasteiger partial charge in [-0.1, -0.05) is 0 Å². The zero-order valence-electron chi connectivity index (χ0n) is 9.99. The van der Waals surface area contributed by atoms with Gasteiger partial charge >= 0.3 is 0 Å². The molecule has 1 heterocycles. The Bertz CT molecular complexity index is 402. The number of rotatable bonds is 5. The predicted octanol–water partition coefficient (Wildman–Crippen LogP) is 2.05. The lowest BCUT2D eigenvalue weighted by atomic mass is 10.3. The summed E-state index contributed by atoms with van der Waals surface area (Å²) in [7, 11) is -3.00. The first-order valence-electron chi connectivity index (χ1n) is 5.27. The van der Waals surface area contributed by atoms with E-state index in [1.165, 1.54) is 5.56 Å². The van der Waals surface area contributed by atoms with Crippen LogP contribution in [-0.2, 0) is 16.4 Å². The molecule has 0 aliphatic heterocycles. The van der Waals surface area contributed by atoms with Crippen molar-refractivity contribution in [1.29, 1.82) is 0 Å². The van der Waals surface area contributed by atoms with Crippen molar-refractivity contribution in [3.8, 4) is 0 Å². The minimum Gasteiger partial charge on any atom is -0.312 e. The van der Waals surface area contributed by atoms with E-state index in [1.807, 2.05) is 11.4 Å². The summed E-state index contributed by atoms with van der Waals surface area (Å²) >= 11 is 1.65. The van der Waals surface area contributed by atoms with Gasteiger partial charge in [-0.05, 0) is 43.2 Å². The molecule has 0 aromatic carbocycles. The molecule has 1 aromatic rings. The van der Waals surface area contributed by atoms with E-state index in [2.05, 4.69) is 10.7 Å². The highest BCUT2D eigenvalue weighted by atomic mass is 32.2. The Morgan fingerprint density at radius 1 is 1.38 bits per heavy atom. The molecule has 16 heavy (non-hydrogen) atoms. The average molecular weight is 261 g/mol. The quantitative estimate of drug-likeness (QED) is 0.825. The van der Waals surface area contributed by atoms with Gasteiger partial charge < -0.3 is 5.32 Å². The van der Waals surface area contributed by atoms with Crippen LogP contribution in [0.15, 0.2) is 16.8 Å². The summed E-state index contributed by atoms with van der Waals surface area (Å²) in [6, 6.07) is 2.04. The van der Waals surface area contributed by atoms with E-state index in [4.69, 9.17) is 0 Å². The Kier molecular flexibility index (Phi) is 4.52. The Labute approximate surface area is 102 Å². The molecule has 0 spiro atoms. The zero-order valence-corrected chi connectivity index (χ0v) is 11.6. The summed E-state index contributed by atoms with van der Waals surface area (Å²) in [5.74, 6) is 0.195. The highest BCUT2D eigenvalue weighted by molar-refractivity contribution is 7.92. The van der Waals surface area contributed by atoms with E-state index in [0.29, 0.717) is 6.54 Å². The van der Waals surface area contributed by atoms with E-state index in [-0.39, 0.29) is 5.75 Å². The maximum absolute atomic E-state index is 11.8. The van der Waals surface area contributed by atoms with Crippen LogP contribution in [0, 0.1) is 0 Å². The van der Waals surface area contributed by atoms with Crippen LogP contribution in [-0.4, -0.2) is 25.5 Å². The van der Waals surface area contributed by atoms with Gasteiger partial charge in [0.05, 0.1) is 10.5 Å². The molecule has 0 saturated carbocycles. The molecule has 0 unspecified atom stereocenters. The first-order chi connectivity index (χ1) is 7.33. The van der Waals surface area contributed by atoms with Crippen molar-refractivity contribution in [2.45, 2.75) is 32.1 Å². The van der Waals surface area contributed by atoms with Gasteiger partial charge in [0.25, 0.3) is 0 Å². The summed E-state index contributed by atoms with van der Waals surface area (Å²) in [5.41, 5.74) is 1.21. The first-order valence-corrected chi connectivity index (χ1v) is 7.86. The van der Waals surface area contributed by atoms with Gasteiger partial charge in [0.15, 0.2) is 9.84 Å². The molecule has 0 bridgehead atoms. The second-order valence-electron chi connectivity index (χ2n) is 4.74. The first kappa shape index (κ1) is 13.7. The van der Waals surface area contributed by atoms with Crippen molar-refractivity contribution in [3.05, 3.63) is 22.4 Å². The Morgan fingerprint density at radius 2 is 2.06 bits per heavy atom. The third-order valence-electron chi connectivity index (χ3n) is 2.39.